The van der Waals surface area contributed by atoms with Gasteiger partial charge in [0.1, 0.15) is 0 Å². The van der Waals surface area contributed by atoms with Gasteiger partial charge in [0.15, 0.2) is 5.75 Å². The standard InChI is InChI=1S/C14H18N2O3S/c1-3-8-19-14-11-12(5-6-13(14)16(17)18)15-7-10-20-9-4-2/h2,5-6,11,15H,3,7-10H2,1H3. The first kappa shape index (κ1) is 16.2. The van der Waals surface area contributed by atoms with Gasteiger partial charge in [0, 0.05) is 30.1 Å². The lowest BCUT2D eigenvalue weighted by molar-refractivity contribution is -0.385. The number of thioether (sulfide) groups is 1. The molecule has 0 saturated carbocycles. The second-order valence-corrected chi connectivity index (χ2v) is 5.08. The van der Waals surface area contributed by atoms with Crippen molar-refractivity contribution >= 4 is 23.1 Å². The fourth-order valence-corrected chi connectivity index (χ4v) is 2.01. The summed E-state index contributed by atoms with van der Waals surface area (Å²) in [5, 5.41) is 14.1. The van der Waals surface area contributed by atoms with Gasteiger partial charge in [-0.15, -0.1) is 18.2 Å². The average molecular weight is 294 g/mol. The number of hydrogen-bond donors (Lipinski definition) is 1. The van der Waals surface area contributed by atoms with E-state index >= 15 is 0 Å². The van der Waals surface area contributed by atoms with Gasteiger partial charge in [0.25, 0.3) is 0 Å². The summed E-state index contributed by atoms with van der Waals surface area (Å²) < 4.78 is 5.42. The molecule has 0 saturated heterocycles. The van der Waals surface area contributed by atoms with Gasteiger partial charge in [-0.1, -0.05) is 12.8 Å². The van der Waals surface area contributed by atoms with Crippen molar-refractivity contribution in [2.45, 2.75) is 13.3 Å². The minimum Gasteiger partial charge on any atom is -0.487 e. The molecule has 0 aliphatic carbocycles. The maximum atomic E-state index is 10.9. The number of ether oxygens (including phenoxy) is 1. The highest BCUT2D eigenvalue weighted by atomic mass is 32.2. The quantitative estimate of drug-likeness (QED) is 0.328. The van der Waals surface area contributed by atoms with Gasteiger partial charge < -0.3 is 10.1 Å². The SMILES string of the molecule is C#CCSCCNc1ccc([N+](=O)[O-])c(OCCC)c1. The van der Waals surface area contributed by atoms with Gasteiger partial charge in [-0.2, -0.15) is 0 Å². The summed E-state index contributed by atoms with van der Waals surface area (Å²) >= 11 is 1.66. The van der Waals surface area contributed by atoms with Crippen LogP contribution in [0, 0.1) is 22.5 Å². The van der Waals surface area contributed by atoms with E-state index < -0.39 is 4.92 Å². The highest BCUT2D eigenvalue weighted by Crippen LogP contribution is 2.30. The van der Waals surface area contributed by atoms with Gasteiger partial charge in [-0.3, -0.25) is 10.1 Å². The maximum absolute atomic E-state index is 10.9. The summed E-state index contributed by atoms with van der Waals surface area (Å²) in [5.41, 5.74) is 0.800. The Morgan fingerprint density at radius 2 is 2.35 bits per heavy atom. The number of rotatable bonds is 9. The third-order valence-corrected chi connectivity index (χ3v) is 3.24. The highest BCUT2D eigenvalue weighted by molar-refractivity contribution is 7.99. The molecule has 0 unspecified atom stereocenters. The number of nitrogens with one attached hydrogen (secondary N) is 1. The van der Waals surface area contributed by atoms with Crippen molar-refractivity contribution in [3.8, 4) is 18.1 Å². The molecule has 0 aliphatic rings. The lowest BCUT2D eigenvalue weighted by Crippen LogP contribution is -2.05. The Kier molecular flexibility index (Phi) is 7.36. The first-order valence-electron chi connectivity index (χ1n) is 6.35. The predicted octanol–water partition coefficient (Wildman–Crippen LogP) is 3.16. The summed E-state index contributed by atoms with van der Waals surface area (Å²) in [5.74, 6) is 4.43. The predicted molar refractivity (Wildman–Crippen MR) is 83.5 cm³/mol. The molecule has 20 heavy (non-hydrogen) atoms. The van der Waals surface area contributed by atoms with Crippen LogP contribution < -0.4 is 10.1 Å². The van der Waals surface area contributed by atoms with E-state index in [1.807, 2.05) is 6.92 Å². The summed E-state index contributed by atoms with van der Waals surface area (Å²) in [4.78, 5) is 10.5. The van der Waals surface area contributed by atoms with E-state index in [1.54, 1.807) is 23.9 Å². The topological polar surface area (TPSA) is 64.4 Å². The molecule has 1 aromatic rings. The van der Waals surface area contributed by atoms with Gasteiger partial charge in [-0.05, 0) is 12.5 Å². The van der Waals surface area contributed by atoms with Crippen molar-refractivity contribution in [1.29, 1.82) is 0 Å². The van der Waals surface area contributed by atoms with Crippen molar-refractivity contribution in [3.63, 3.8) is 0 Å². The molecule has 0 bridgehead atoms. The minimum absolute atomic E-state index is 0.00860. The molecule has 1 N–H and O–H groups in total. The maximum Gasteiger partial charge on any atom is 0.311 e. The van der Waals surface area contributed by atoms with Crippen molar-refractivity contribution in [1.82, 2.24) is 0 Å². The summed E-state index contributed by atoms with van der Waals surface area (Å²) in [6.45, 7) is 3.16. The van der Waals surface area contributed by atoms with E-state index in [-0.39, 0.29) is 5.69 Å². The largest absolute Gasteiger partial charge is 0.487 e. The fraction of sp³-hybridized carbons (Fsp3) is 0.429. The molecule has 1 rings (SSSR count). The second kappa shape index (κ2) is 9.10. The summed E-state index contributed by atoms with van der Waals surface area (Å²) in [7, 11) is 0. The molecule has 0 radical (unpaired) electrons. The van der Waals surface area contributed by atoms with E-state index in [0.29, 0.717) is 18.1 Å². The lowest BCUT2D eigenvalue weighted by atomic mass is 10.2. The number of hydrogen-bond acceptors (Lipinski definition) is 5. The Bertz CT molecular complexity index is 486. The molecule has 0 spiro atoms. The molecular weight excluding hydrogens is 276 g/mol. The number of nitrogens with zero attached hydrogens (tertiary/aromatic N) is 1. The average Bonchev–Trinajstić information content (AvgIpc) is 2.44. The van der Waals surface area contributed by atoms with Crippen LogP contribution >= 0.6 is 11.8 Å². The zero-order chi connectivity index (χ0) is 14.8. The number of terminal acetylenes is 1. The first-order chi connectivity index (χ1) is 9.69. The van der Waals surface area contributed by atoms with Crippen LogP contribution in [0.1, 0.15) is 13.3 Å². The van der Waals surface area contributed by atoms with Crippen molar-refractivity contribution in [3.05, 3.63) is 28.3 Å². The van der Waals surface area contributed by atoms with Crippen LogP contribution in [0.15, 0.2) is 18.2 Å². The third-order valence-electron chi connectivity index (χ3n) is 2.38. The molecule has 0 atom stereocenters. The third kappa shape index (κ3) is 5.41. The number of benzene rings is 1. The van der Waals surface area contributed by atoms with Crippen molar-refractivity contribution in [2.24, 2.45) is 0 Å². The van der Waals surface area contributed by atoms with Gasteiger partial charge >= 0.3 is 5.69 Å². The molecule has 1 aromatic carbocycles. The molecule has 0 heterocycles. The van der Waals surface area contributed by atoms with Crippen LogP contribution in [0.2, 0.25) is 0 Å². The first-order valence-corrected chi connectivity index (χ1v) is 7.50. The van der Waals surface area contributed by atoms with E-state index in [0.717, 1.165) is 24.4 Å². The molecule has 0 amide bonds. The Morgan fingerprint density at radius 1 is 1.55 bits per heavy atom. The Morgan fingerprint density at radius 3 is 3.00 bits per heavy atom. The van der Waals surface area contributed by atoms with E-state index in [2.05, 4.69) is 11.2 Å². The van der Waals surface area contributed by atoms with Crippen LogP contribution in [0.4, 0.5) is 11.4 Å². The molecule has 0 fully saturated rings. The highest BCUT2D eigenvalue weighted by Gasteiger charge is 2.15. The van der Waals surface area contributed by atoms with Crippen molar-refractivity contribution < 1.29 is 9.66 Å². The second-order valence-electron chi connectivity index (χ2n) is 3.97. The van der Waals surface area contributed by atoms with Gasteiger partial charge in [0.05, 0.1) is 17.3 Å². The molecule has 6 heteroatoms. The van der Waals surface area contributed by atoms with E-state index in [1.165, 1.54) is 6.07 Å². The van der Waals surface area contributed by atoms with Crippen LogP contribution in [0.5, 0.6) is 5.75 Å². The van der Waals surface area contributed by atoms with Gasteiger partial charge in [-0.25, -0.2) is 0 Å². The zero-order valence-corrected chi connectivity index (χ0v) is 12.2. The Labute approximate surface area is 123 Å². The summed E-state index contributed by atoms with van der Waals surface area (Å²) in [6.07, 6.45) is 5.96. The normalized spacial score (nSPS) is 9.80. The smallest absolute Gasteiger partial charge is 0.311 e. The van der Waals surface area contributed by atoms with E-state index in [9.17, 15) is 10.1 Å². The van der Waals surface area contributed by atoms with Crippen LogP contribution in [0.3, 0.4) is 0 Å². The van der Waals surface area contributed by atoms with Crippen LogP contribution in [0.25, 0.3) is 0 Å². The summed E-state index contributed by atoms with van der Waals surface area (Å²) in [6, 6.07) is 4.81. The van der Waals surface area contributed by atoms with Crippen LogP contribution in [-0.4, -0.2) is 29.6 Å². The minimum atomic E-state index is -0.433. The lowest BCUT2D eigenvalue weighted by Gasteiger charge is -2.09. The number of nitro groups is 1. The van der Waals surface area contributed by atoms with Crippen LogP contribution in [-0.2, 0) is 0 Å². The molecule has 0 aromatic heterocycles. The Balaban J connectivity index is 2.64. The molecule has 0 aliphatic heterocycles. The number of nitro benzene ring substituents is 1. The Hall–Kier alpha value is -1.87. The molecule has 5 nitrogen and oxygen atoms in total. The fourth-order valence-electron chi connectivity index (χ4n) is 1.50. The zero-order valence-electron chi connectivity index (χ0n) is 11.4. The molecular formula is C14H18N2O3S. The molecule has 108 valence electrons. The van der Waals surface area contributed by atoms with Crippen molar-refractivity contribution in [2.75, 3.05) is 30.0 Å². The monoisotopic (exact) mass is 294 g/mol. The van der Waals surface area contributed by atoms with E-state index in [4.69, 9.17) is 11.2 Å². The van der Waals surface area contributed by atoms with Gasteiger partial charge in [0.2, 0.25) is 0 Å². The number of anilines is 1.